The van der Waals surface area contributed by atoms with Crippen molar-refractivity contribution >= 4 is 5.91 Å². The summed E-state index contributed by atoms with van der Waals surface area (Å²) in [5.74, 6) is -0.0178. The lowest BCUT2D eigenvalue weighted by Gasteiger charge is -2.24. The van der Waals surface area contributed by atoms with Gasteiger partial charge >= 0.3 is 0 Å². The molecule has 0 atom stereocenters. The average molecular weight is 229 g/mol. The molecule has 0 aromatic carbocycles. The van der Waals surface area contributed by atoms with Crippen LogP contribution in [-0.4, -0.2) is 28.9 Å². The van der Waals surface area contributed by atoms with Crippen molar-refractivity contribution in [2.24, 2.45) is 0 Å². The van der Waals surface area contributed by atoms with Gasteiger partial charge in [-0.05, 0) is 25.0 Å². The number of carbonyl (C=O) groups is 1. The first-order valence-corrected chi connectivity index (χ1v) is 5.85. The summed E-state index contributed by atoms with van der Waals surface area (Å²) in [6.07, 6.45) is 6.06. The summed E-state index contributed by atoms with van der Waals surface area (Å²) in [5.41, 5.74) is 0.835. The highest BCUT2D eigenvalue weighted by atomic mass is 16.2. The van der Waals surface area contributed by atoms with E-state index < -0.39 is 0 Å². The van der Waals surface area contributed by atoms with Gasteiger partial charge in [0.2, 0.25) is 0 Å². The van der Waals surface area contributed by atoms with E-state index in [4.69, 9.17) is 5.26 Å². The quantitative estimate of drug-likeness (QED) is 0.779. The molecule has 1 aromatic rings. The largest absolute Gasteiger partial charge is 0.339 e. The van der Waals surface area contributed by atoms with E-state index in [1.807, 2.05) is 13.1 Å². The van der Waals surface area contributed by atoms with Crippen LogP contribution in [0.5, 0.6) is 0 Å². The first kappa shape index (κ1) is 11.6. The van der Waals surface area contributed by atoms with Crippen LogP contribution in [-0.2, 0) is 0 Å². The number of amides is 1. The van der Waals surface area contributed by atoms with Crippen LogP contribution in [0.15, 0.2) is 18.3 Å². The lowest BCUT2D eigenvalue weighted by atomic mass is 10.1. The van der Waals surface area contributed by atoms with Gasteiger partial charge in [0.05, 0.1) is 0 Å². The molecule has 4 heteroatoms. The Kier molecular flexibility index (Phi) is 3.38. The van der Waals surface area contributed by atoms with Crippen molar-refractivity contribution in [1.29, 1.82) is 5.26 Å². The number of carbonyl (C=O) groups excluding carboxylic acids is 1. The van der Waals surface area contributed by atoms with Crippen LogP contribution in [0.4, 0.5) is 0 Å². The standard InChI is InChI=1S/C13H15N3O/c1-16(12-4-2-3-5-12)13(17)10-6-7-15-11(8-10)9-14/h6-8,12H,2-5H2,1H3. The van der Waals surface area contributed by atoms with Crippen LogP contribution in [0.25, 0.3) is 0 Å². The van der Waals surface area contributed by atoms with E-state index in [0.717, 1.165) is 12.8 Å². The number of aromatic nitrogens is 1. The summed E-state index contributed by atoms with van der Waals surface area (Å²) < 4.78 is 0. The molecular formula is C13H15N3O. The zero-order valence-corrected chi connectivity index (χ0v) is 9.89. The van der Waals surface area contributed by atoms with Crippen LogP contribution in [0.2, 0.25) is 0 Å². The molecule has 1 saturated carbocycles. The zero-order valence-electron chi connectivity index (χ0n) is 9.89. The summed E-state index contributed by atoms with van der Waals surface area (Å²) in [6.45, 7) is 0. The predicted octanol–water partition coefficient (Wildman–Crippen LogP) is 1.97. The molecule has 0 radical (unpaired) electrons. The van der Waals surface area contributed by atoms with E-state index in [0.29, 0.717) is 11.6 Å². The molecule has 0 unspecified atom stereocenters. The van der Waals surface area contributed by atoms with E-state index in [9.17, 15) is 4.79 Å². The van der Waals surface area contributed by atoms with Gasteiger partial charge in [-0.25, -0.2) is 4.98 Å². The monoisotopic (exact) mass is 229 g/mol. The van der Waals surface area contributed by atoms with Gasteiger partial charge in [0.25, 0.3) is 5.91 Å². The minimum atomic E-state index is -0.0178. The number of nitriles is 1. The fourth-order valence-corrected chi connectivity index (χ4v) is 2.29. The SMILES string of the molecule is CN(C(=O)c1ccnc(C#N)c1)C1CCCC1. The van der Waals surface area contributed by atoms with Crippen LogP contribution in [0.3, 0.4) is 0 Å². The zero-order chi connectivity index (χ0) is 12.3. The molecular weight excluding hydrogens is 214 g/mol. The van der Waals surface area contributed by atoms with E-state index in [-0.39, 0.29) is 11.6 Å². The lowest BCUT2D eigenvalue weighted by molar-refractivity contribution is 0.0735. The summed E-state index contributed by atoms with van der Waals surface area (Å²) >= 11 is 0. The molecule has 0 spiro atoms. The first-order valence-electron chi connectivity index (χ1n) is 5.85. The maximum atomic E-state index is 12.2. The molecule has 0 aliphatic heterocycles. The Labute approximate surface area is 101 Å². The summed E-state index contributed by atoms with van der Waals surface area (Å²) in [6, 6.07) is 5.51. The highest BCUT2D eigenvalue weighted by Crippen LogP contribution is 2.23. The summed E-state index contributed by atoms with van der Waals surface area (Å²) in [4.78, 5) is 17.8. The van der Waals surface area contributed by atoms with Crippen LogP contribution in [0, 0.1) is 11.3 Å². The van der Waals surface area contributed by atoms with Crippen molar-refractivity contribution in [2.75, 3.05) is 7.05 Å². The minimum Gasteiger partial charge on any atom is -0.339 e. The van der Waals surface area contributed by atoms with E-state index >= 15 is 0 Å². The number of rotatable bonds is 2. The van der Waals surface area contributed by atoms with Gasteiger partial charge in [0, 0.05) is 24.8 Å². The van der Waals surface area contributed by atoms with Crippen molar-refractivity contribution in [3.63, 3.8) is 0 Å². The maximum absolute atomic E-state index is 12.2. The van der Waals surface area contributed by atoms with Crippen molar-refractivity contribution in [2.45, 2.75) is 31.7 Å². The number of nitrogens with zero attached hydrogens (tertiary/aromatic N) is 3. The highest BCUT2D eigenvalue weighted by Gasteiger charge is 2.24. The fourth-order valence-electron chi connectivity index (χ4n) is 2.29. The van der Waals surface area contributed by atoms with Gasteiger partial charge in [-0.2, -0.15) is 5.26 Å². The van der Waals surface area contributed by atoms with Gasteiger partial charge < -0.3 is 4.90 Å². The third-order valence-electron chi connectivity index (χ3n) is 3.31. The Morgan fingerprint density at radius 2 is 2.24 bits per heavy atom. The van der Waals surface area contributed by atoms with Crippen LogP contribution < -0.4 is 0 Å². The first-order chi connectivity index (χ1) is 8.22. The molecule has 2 rings (SSSR count). The minimum absolute atomic E-state index is 0.0178. The molecule has 1 fully saturated rings. The lowest BCUT2D eigenvalue weighted by Crippen LogP contribution is -2.35. The molecule has 1 amide bonds. The van der Waals surface area contributed by atoms with Gasteiger partial charge in [0.1, 0.15) is 11.8 Å². The molecule has 1 aliphatic carbocycles. The Morgan fingerprint density at radius 1 is 1.53 bits per heavy atom. The maximum Gasteiger partial charge on any atom is 0.254 e. The third-order valence-corrected chi connectivity index (χ3v) is 3.31. The van der Waals surface area contributed by atoms with E-state index in [1.54, 1.807) is 17.0 Å². The Morgan fingerprint density at radius 3 is 2.88 bits per heavy atom. The molecule has 1 aliphatic rings. The molecule has 0 bridgehead atoms. The predicted molar refractivity (Wildman–Crippen MR) is 63.3 cm³/mol. The third kappa shape index (κ3) is 2.44. The van der Waals surface area contributed by atoms with E-state index in [1.165, 1.54) is 19.0 Å². The molecule has 4 nitrogen and oxygen atoms in total. The number of hydrogen-bond acceptors (Lipinski definition) is 3. The number of pyridine rings is 1. The van der Waals surface area contributed by atoms with Gasteiger partial charge in [-0.1, -0.05) is 12.8 Å². The van der Waals surface area contributed by atoms with Crippen LogP contribution >= 0.6 is 0 Å². The Bertz CT molecular complexity index is 458. The summed E-state index contributed by atoms with van der Waals surface area (Å²) in [5, 5.41) is 8.76. The average Bonchev–Trinajstić information content (AvgIpc) is 2.91. The fraction of sp³-hybridized carbons (Fsp3) is 0.462. The molecule has 1 aromatic heterocycles. The normalized spacial score (nSPS) is 15.5. The Balaban J connectivity index is 2.15. The van der Waals surface area contributed by atoms with Crippen LogP contribution in [0.1, 0.15) is 41.7 Å². The molecule has 88 valence electrons. The van der Waals surface area contributed by atoms with Gasteiger partial charge in [-0.15, -0.1) is 0 Å². The van der Waals surface area contributed by atoms with Crippen molar-refractivity contribution in [1.82, 2.24) is 9.88 Å². The number of hydrogen-bond donors (Lipinski definition) is 0. The second-order valence-corrected chi connectivity index (χ2v) is 4.40. The second kappa shape index (κ2) is 4.96. The molecule has 0 N–H and O–H groups in total. The van der Waals surface area contributed by atoms with E-state index in [2.05, 4.69) is 4.98 Å². The Hall–Kier alpha value is -1.89. The summed E-state index contributed by atoms with van der Waals surface area (Å²) in [7, 11) is 1.84. The van der Waals surface area contributed by atoms with Crippen molar-refractivity contribution in [3.8, 4) is 6.07 Å². The van der Waals surface area contributed by atoms with Gasteiger partial charge in [-0.3, -0.25) is 4.79 Å². The second-order valence-electron chi connectivity index (χ2n) is 4.40. The van der Waals surface area contributed by atoms with Crippen molar-refractivity contribution in [3.05, 3.63) is 29.6 Å². The topological polar surface area (TPSA) is 57.0 Å². The van der Waals surface area contributed by atoms with Gasteiger partial charge in [0.15, 0.2) is 0 Å². The smallest absolute Gasteiger partial charge is 0.254 e. The molecule has 0 saturated heterocycles. The highest BCUT2D eigenvalue weighted by molar-refractivity contribution is 5.94. The van der Waals surface area contributed by atoms with Crippen molar-refractivity contribution < 1.29 is 4.79 Å². The molecule has 1 heterocycles. The molecule has 17 heavy (non-hydrogen) atoms.